The molecule has 0 aromatic rings. The van der Waals surface area contributed by atoms with Crippen LogP contribution in [0.5, 0.6) is 0 Å². The Kier molecular flexibility index (Phi) is 0.884. The minimum absolute atomic E-state index is 0.933. The van der Waals surface area contributed by atoms with Gasteiger partial charge in [-0.15, -0.1) is 0 Å². The molecule has 0 saturated heterocycles. The third-order valence-electron chi connectivity index (χ3n) is 2.51. The Morgan fingerprint density at radius 1 is 1.38 bits per heavy atom. The van der Waals surface area contributed by atoms with Gasteiger partial charge in [-0.05, 0) is 43.6 Å². The Hall–Kier alpha value is -0.0400. The maximum Gasteiger partial charge on any atom is -0.00460 e. The lowest BCUT2D eigenvalue weighted by Crippen LogP contribution is -2.02. The van der Waals surface area contributed by atoms with Crippen molar-refractivity contribution in [2.45, 2.75) is 19.3 Å². The van der Waals surface area contributed by atoms with E-state index in [1.807, 2.05) is 0 Å². The SMILES string of the molecule is NCC1CC1C1CC1. The first-order chi connectivity index (χ1) is 3.92. The average Bonchev–Trinajstić information content (AvgIpc) is 2.62. The third kappa shape index (κ3) is 0.655. The molecule has 0 aliphatic heterocycles. The molecule has 0 amide bonds. The molecule has 46 valence electrons. The molecule has 2 atom stereocenters. The molecule has 8 heavy (non-hydrogen) atoms. The molecule has 2 aliphatic carbocycles. The Morgan fingerprint density at radius 2 is 2.12 bits per heavy atom. The zero-order valence-corrected chi connectivity index (χ0v) is 5.14. The van der Waals surface area contributed by atoms with Crippen LogP contribution >= 0.6 is 0 Å². The second kappa shape index (κ2) is 1.47. The van der Waals surface area contributed by atoms with Crippen molar-refractivity contribution >= 4 is 0 Å². The first-order valence-electron chi connectivity index (χ1n) is 3.62. The fraction of sp³-hybridized carbons (Fsp3) is 1.00. The van der Waals surface area contributed by atoms with Gasteiger partial charge in [-0.3, -0.25) is 0 Å². The summed E-state index contributed by atoms with van der Waals surface area (Å²) in [5, 5.41) is 0. The van der Waals surface area contributed by atoms with Crippen molar-refractivity contribution in [1.29, 1.82) is 0 Å². The lowest BCUT2D eigenvalue weighted by Gasteiger charge is -1.88. The topological polar surface area (TPSA) is 26.0 Å². The molecule has 0 heterocycles. The summed E-state index contributed by atoms with van der Waals surface area (Å²) in [6.45, 7) is 0.946. The third-order valence-corrected chi connectivity index (χ3v) is 2.51. The van der Waals surface area contributed by atoms with E-state index in [1.54, 1.807) is 0 Å². The highest BCUT2D eigenvalue weighted by atomic mass is 14.6. The van der Waals surface area contributed by atoms with E-state index in [4.69, 9.17) is 5.73 Å². The normalized spacial score (nSPS) is 44.6. The maximum atomic E-state index is 5.49. The zero-order valence-electron chi connectivity index (χ0n) is 5.14. The van der Waals surface area contributed by atoms with Crippen LogP contribution in [0.1, 0.15) is 19.3 Å². The fourth-order valence-corrected chi connectivity index (χ4v) is 1.64. The minimum atomic E-state index is 0.933. The molecule has 2 unspecified atom stereocenters. The summed E-state index contributed by atoms with van der Waals surface area (Å²) in [4.78, 5) is 0. The molecule has 1 nitrogen and oxygen atoms in total. The van der Waals surface area contributed by atoms with Crippen molar-refractivity contribution in [2.75, 3.05) is 6.54 Å². The lowest BCUT2D eigenvalue weighted by molar-refractivity contribution is 0.633. The summed E-state index contributed by atoms with van der Waals surface area (Å²) in [5.41, 5.74) is 5.49. The fourth-order valence-electron chi connectivity index (χ4n) is 1.64. The van der Waals surface area contributed by atoms with Crippen LogP contribution in [0.25, 0.3) is 0 Å². The first kappa shape index (κ1) is 4.80. The average molecular weight is 111 g/mol. The maximum absolute atomic E-state index is 5.49. The lowest BCUT2D eigenvalue weighted by atomic mass is 10.2. The van der Waals surface area contributed by atoms with Crippen LogP contribution in [0.2, 0.25) is 0 Å². The van der Waals surface area contributed by atoms with Crippen molar-refractivity contribution in [3.8, 4) is 0 Å². The van der Waals surface area contributed by atoms with Gasteiger partial charge < -0.3 is 5.73 Å². The molecular weight excluding hydrogens is 98.1 g/mol. The highest BCUT2D eigenvalue weighted by Gasteiger charge is 2.46. The summed E-state index contributed by atoms with van der Waals surface area (Å²) >= 11 is 0. The molecule has 0 aromatic heterocycles. The second-order valence-electron chi connectivity index (χ2n) is 3.23. The van der Waals surface area contributed by atoms with Gasteiger partial charge in [0.05, 0.1) is 0 Å². The molecule has 1 heteroatoms. The highest BCUT2D eigenvalue weighted by molar-refractivity contribution is 4.96. The van der Waals surface area contributed by atoms with E-state index < -0.39 is 0 Å². The molecule has 2 aliphatic rings. The van der Waals surface area contributed by atoms with E-state index in [-0.39, 0.29) is 0 Å². The number of hydrogen-bond acceptors (Lipinski definition) is 1. The Balaban J connectivity index is 1.79. The van der Waals surface area contributed by atoms with Crippen molar-refractivity contribution in [3.63, 3.8) is 0 Å². The second-order valence-corrected chi connectivity index (χ2v) is 3.23. The van der Waals surface area contributed by atoms with Gasteiger partial charge in [0, 0.05) is 0 Å². The monoisotopic (exact) mass is 111 g/mol. The molecule has 0 radical (unpaired) electrons. The van der Waals surface area contributed by atoms with Crippen molar-refractivity contribution < 1.29 is 0 Å². The van der Waals surface area contributed by atoms with Crippen LogP contribution in [0, 0.1) is 17.8 Å². The molecule has 2 fully saturated rings. The number of rotatable bonds is 2. The van der Waals surface area contributed by atoms with Gasteiger partial charge in [0.2, 0.25) is 0 Å². The standard InChI is InChI=1S/C7H13N/c8-4-6-3-7(6)5-1-2-5/h5-7H,1-4,8H2. The van der Waals surface area contributed by atoms with Crippen LogP contribution in [0.4, 0.5) is 0 Å². The smallest absolute Gasteiger partial charge is 0.00460 e. The Morgan fingerprint density at radius 3 is 2.50 bits per heavy atom. The summed E-state index contributed by atoms with van der Waals surface area (Å²) in [5.74, 6) is 3.12. The molecule has 2 N–H and O–H groups in total. The van der Waals surface area contributed by atoms with E-state index in [1.165, 1.54) is 19.3 Å². The quantitative estimate of drug-likeness (QED) is 0.565. The van der Waals surface area contributed by atoms with Crippen molar-refractivity contribution in [1.82, 2.24) is 0 Å². The summed E-state index contributed by atoms with van der Waals surface area (Å²) in [6.07, 6.45) is 4.45. The number of nitrogens with two attached hydrogens (primary N) is 1. The van der Waals surface area contributed by atoms with Crippen LogP contribution in [0.3, 0.4) is 0 Å². The number of hydrogen-bond donors (Lipinski definition) is 1. The van der Waals surface area contributed by atoms with E-state index in [2.05, 4.69) is 0 Å². The highest BCUT2D eigenvalue weighted by Crippen LogP contribution is 2.53. The van der Waals surface area contributed by atoms with Crippen molar-refractivity contribution in [3.05, 3.63) is 0 Å². The van der Waals surface area contributed by atoms with Crippen LogP contribution in [-0.4, -0.2) is 6.54 Å². The predicted molar refractivity (Wildman–Crippen MR) is 33.4 cm³/mol. The van der Waals surface area contributed by atoms with Gasteiger partial charge in [-0.1, -0.05) is 0 Å². The molecule has 0 spiro atoms. The Bertz CT molecular complexity index is 96.6. The predicted octanol–water partition coefficient (Wildman–Crippen LogP) is 0.991. The van der Waals surface area contributed by atoms with E-state index in [0.29, 0.717) is 0 Å². The summed E-state index contributed by atoms with van der Waals surface area (Å²) in [6, 6.07) is 0. The van der Waals surface area contributed by atoms with Crippen molar-refractivity contribution in [2.24, 2.45) is 23.5 Å². The van der Waals surface area contributed by atoms with Crippen LogP contribution < -0.4 is 5.73 Å². The van der Waals surface area contributed by atoms with E-state index >= 15 is 0 Å². The molecule has 0 bridgehead atoms. The summed E-state index contributed by atoms with van der Waals surface area (Å²) in [7, 11) is 0. The molecule has 2 rings (SSSR count). The van der Waals surface area contributed by atoms with Crippen LogP contribution in [0.15, 0.2) is 0 Å². The van der Waals surface area contributed by atoms with E-state index in [9.17, 15) is 0 Å². The minimum Gasteiger partial charge on any atom is -0.330 e. The van der Waals surface area contributed by atoms with Gasteiger partial charge in [0.25, 0.3) is 0 Å². The first-order valence-corrected chi connectivity index (χ1v) is 3.62. The van der Waals surface area contributed by atoms with Gasteiger partial charge in [0.15, 0.2) is 0 Å². The zero-order chi connectivity index (χ0) is 5.56. The largest absolute Gasteiger partial charge is 0.330 e. The van der Waals surface area contributed by atoms with Gasteiger partial charge in [-0.25, -0.2) is 0 Å². The molecular formula is C7H13N. The molecule has 0 aromatic carbocycles. The summed E-state index contributed by atoms with van der Waals surface area (Å²) < 4.78 is 0. The van der Waals surface area contributed by atoms with Gasteiger partial charge >= 0.3 is 0 Å². The Labute approximate surface area is 50.3 Å². The van der Waals surface area contributed by atoms with Gasteiger partial charge in [0.1, 0.15) is 0 Å². The van der Waals surface area contributed by atoms with Gasteiger partial charge in [-0.2, -0.15) is 0 Å². The van der Waals surface area contributed by atoms with E-state index in [0.717, 1.165) is 24.3 Å². The van der Waals surface area contributed by atoms with Crippen LogP contribution in [-0.2, 0) is 0 Å². The molecule has 2 saturated carbocycles.